The van der Waals surface area contributed by atoms with E-state index in [0.717, 1.165) is 37.9 Å². The molecule has 3 nitrogen and oxygen atoms in total. The van der Waals surface area contributed by atoms with Crippen LogP contribution in [0.2, 0.25) is 0 Å². The first-order valence-corrected chi connectivity index (χ1v) is 10.2. The highest BCUT2D eigenvalue weighted by Crippen LogP contribution is 2.33. The number of benzene rings is 2. The van der Waals surface area contributed by atoms with Crippen molar-refractivity contribution in [1.82, 2.24) is 9.88 Å². The quantitative estimate of drug-likeness (QED) is 0.657. The highest BCUT2D eigenvalue weighted by atomic mass is 32.1. The van der Waals surface area contributed by atoms with E-state index in [4.69, 9.17) is 4.98 Å². The number of likely N-dealkylation sites (tertiary alicyclic amines) is 1. The molecule has 0 N–H and O–H groups in total. The van der Waals surface area contributed by atoms with Gasteiger partial charge in [0.15, 0.2) is 0 Å². The lowest BCUT2D eigenvalue weighted by Crippen LogP contribution is -2.38. The molecular weight excluding hydrogens is 340 g/mol. The van der Waals surface area contributed by atoms with E-state index < -0.39 is 0 Å². The summed E-state index contributed by atoms with van der Waals surface area (Å²) < 4.78 is 1.26. The van der Waals surface area contributed by atoms with Crippen LogP contribution in [-0.4, -0.2) is 28.9 Å². The lowest BCUT2D eigenvalue weighted by Gasteiger charge is -2.31. The van der Waals surface area contributed by atoms with Gasteiger partial charge in [-0.2, -0.15) is 0 Å². The second kappa shape index (κ2) is 7.58. The third-order valence-electron chi connectivity index (χ3n) is 5.22. The molecule has 0 bridgehead atoms. The fourth-order valence-corrected chi connectivity index (χ4v) is 4.85. The van der Waals surface area contributed by atoms with E-state index in [2.05, 4.69) is 49.4 Å². The largest absolute Gasteiger partial charge is 0.343 e. The van der Waals surface area contributed by atoms with E-state index in [1.807, 2.05) is 22.3 Å². The van der Waals surface area contributed by atoms with E-state index in [9.17, 15) is 4.79 Å². The number of carbonyl (C=O) groups is 1. The number of nitrogens with zero attached hydrogens (tertiary/aromatic N) is 2. The van der Waals surface area contributed by atoms with Crippen LogP contribution < -0.4 is 0 Å². The van der Waals surface area contributed by atoms with Gasteiger partial charge in [0, 0.05) is 25.4 Å². The molecule has 1 aliphatic rings. The summed E-state index contributed by atoms with van der Waals surface area (Å²) in [6.07, 6.45) is 3.49. The number of thiazole rings is 1. The van der Waals surface area contributed by atoms with E-state index in [1.54, 1.807) is 0 Å². The van der Waals surface area contributed by atoms with Gasteiger partial charge in [-0.1, -0.05) is 42.0 Å². The molecule has 134 valence electrons. The van der Waals surface area contributed by atoms with Gasteiger partial charge < -0.3 is 4.90 Å². The summed E-state index contributed by atoms with van der Waals surface area (Å²) >= 11 is 1.81. The molecule has 1 aromatic heterocycles. The zero-order valence-electron chi connectivity index (χ0n) is 15.1. The second-order valence-electron chi connectivity index (χ2n) is 7.16. The number of piperidine rings is 1. The van der Waals surface area contributed by atoms with Gasteiger partial charge in [0.2, 0.25) is 5.91 Å². The Balaban J connectivity index is 1.32. The molecule has 2 heterocycles. The molecule has 2 aromatic carbocycles. The molecule has 0 unspecified atom stereocenters. The smallest absolute Gasteiger partial charge is 0.222 e. The van der Waals surface area contributed by atoms with E-state index >= 15 is 0 Å². The Morgan fingerprint density at radius 1 is 1.15 bits per heavy atom. The van der Waals surface area contributed by atoms with Crippen LogP contribution in [0.5, 0.6) is 0 Å². The Morgan fingerprint density at radius 3 is 2.73 bits per heavy atom. The first kappa shape index (κ1) is 17.2. The second-order valence-corrected chi connectivity index (χ2v) is 8.23. The first-order valence-electron chi connectivity index (χ1n) is 9.38. The third-order valence-corrected chi connectivity index (χ3v) is 6.42. The maximum atomic E-state index is 12.6. The van der Waals surface area contributed by atoms with Crippen LogP contribution in [0.4, 0.5) is 0 Å². The van der Waals surface area contributed by atoms with Crippen molar-refractivity contribution >= 4 is 27.5 Å². The Bertz CT molecular complexity index is 876. The summed E-state index contributed by atoms with van der Waals surface area (Å²) in [5.41, 5.74) is 3.61. The van der Waals surface area contributed by atoms with E-state index in [0.29, 0.717) is 12.3 Å². The average Bonchev–Trinajstić information content (AvgIpc) is 3.10. The fraction of sp³-hybridized carbons (Fsp3) is 0.364. The number of para-hydroxylation sites is 1. The van der Waals surface area contributed by atoms with Gasteiger partial charge in [-0.3, -0.25) is 4.79 Å². The van der Waals surface area contributed by atoms with Crippen molar-refractivity contribution in [2.45, 2.75) is 38.5 Å². The van der Waals surface area contributed by atoms with Crippen LogP contribution in [0, 0.1) is 6.92 Å². The minimum absolute atomic E-state index is 0.286. The number of fused-ring (bicyclic) bond motifs is 1. The Labute approximate surface area is 158 Å². The molecule has 3 aromatic rings. The number of aromatic nitrogens is 1. The van der Waals surface area contributed by atoms with Crippen molar-refractivity contribution in [3.05, 3.63) is 64.7 Å². The van der Waals surface area contributed by atoms with E-state index in [-0.39, 0.29) is 5.91 Å². The highest BCUT2D eigenvalue weighted by Gasteiger charge is 2.25. The van der Waals surface area contributed by atoms with Gasteiger partial charge in [-0.05, 0) is 43.9 Å². The molecule has 0 spiro atoms. The van der Waals surface area contributed by atoms with Crippen molar-refractivity contribution in [2.75, 3.05) is 13.1 Å². The van der Waals surface area contributed by atoms with Crippen LogP contribution in [0.1, 0.15) is 41.3 Å². The number of aryl methyl sites for hydroxylation is 2. The normalized spacial score (nSPS) is 15.5. The molecule has 26 heavy (non-hydrogen) atoms. The minimum atomic E-state index is 0.286. The summed E-state index contributed by atoms with van der Waals surface area (Å²) in [7, 11) is 0. The number of amides is 1. The summed E-state index contributed by atoms with van der Waals surface area (Å²) in [6, 6.07) is 16.8. The molecule has 0 aliphatic carbocycles. The lowest BCUT2D eigenvalue weighted by atomic mass is 9.97. The summed E-state index contributed by atoms with van der Waals surface area (Å²) in [5.74, 6) is 0.780. The molecule has 0 atom stereocenters. The molecule has 4 heteroatoms. The van der Waals surface area contributed by atoms with Crippen molar-refractivity contribution < 1.29 is 4.79 Å². The molecular formula is C22H24N2OS. The Morgan fingerprint density at radius 2 is 1.96 bits per heavy atom. The molecule has 1 saturated heterocycles. The average molecular weight is 365 g/mol. The lowest BCUT2D eigenvalue weighted by molar-refractivity contribution is -0.132. The molecule has 1 amide bonds. The maximum Gasteiger partial charge on any atom is 0.222 e. The van der Waals surface area contributed by atoms with Crippen LogP contribution in [0.25, 0.3) is 10.2 Å². The molecule has 1 aliphatic heterocycles. The SMILES string of the molecule is Cc1cccc(CCC(=O)N2CCC(c3nc4ccccc4s3)CC2)c1. The van der Waals surface area contributed by atoms with Crippen molar-refractivity contribution in [3.63, 3.8) is 0 Å². The Hall–Kier alpha value is -2.20. The number of rotatable bonds is 4. The molecule has 0 radical (unpaired) electrons. The molecule has 1 fully saturated rings. The summed E-state index contributed by atoms with van der Waals surface area (Å²) in [5, 5.41) is 1.23. The van der Waals surface area contributed by atoms with Crippen LogP contribution in [0.15, 0.2) is 48.5 Å². The van der Waals surface area contributed by atoms with Crippen molar-refractivity contribution in [3.8, 4) is 0 Å². The van der Waals surface area contributed by atoms with Crippen LogP contribution in [-0.2, 0) is 11.2 Å². The standard InChI is InChI=1S/C22H24N2OS/c1-16-5-4-6-17(15-16)9-10-21(25)24-13-11-18(12-14-24)22-23-19-7-2-3-8-20(19)26-22/h2-8,15,18H,9-14H2,1H3. The molecule has 4 rings (SSSR count). The predicted octanol–water partition coefficient (Wildman–Crippen LogP) is 4.94. The van der Waals surface area contributed by atoms with Gasteiger partial charge in [0.05, 0.1) is 15.2 Å². The van der Waals surface area contributed by atoms with Crippen molar-refractivity contribution in [1.29, 1.82) is 0 Å². The Kier molecular flexibility index (Phi) is 5.02. The number of hydrogen-bond acceptors (Lipinski definition) is 3. The monoisotopic (exact) mass is 364 g/mol. The van der Waals surface area contributed by atoms with Gasteiger partial charge in [0.1, 0.15) is 0 Å². The number of carbonyl (C=O) groups excluding carboxylic acids is 1. The van der Waals surface area contributed by atoms with Gasteiger partial charge in [-0.15, -0.1) is 11.3 Å². The van der Waals surface area contributed by atoms with Crippen LogP contribution >= 0.6 is 11.3 Å². The van der Waals surface area contributed by atoms with E-state index in [1.165, 1.54) is 20.8 Å². The van der Waals surface area contributed by atoms with Gasteiger partial charge in [-0.25, -0.2) is 4.98 Å². The summed E-state index contributed by atoms with van der Waals surface area (Å²) in [6.45, 7) is 3.80. The van der Waals surface area contributed by atoms with Gasteiger partial charge in [0.25, 0.3) is 0 Å². The first-order chi connectivity index (χ1) is 12.7. The predicted molar refractivity (Wildman–Crippen MR) is 108 cm³/mol. The van der Waals surface area contributed by atoms with Crippen molar-refractivity contribution in [2.24, 2.45) is 0 Å². The topological polar surface area (TPSA) is 33.2 Å². The maximum absolute atomic E-state index is 12.6. The zero-order chi connectivity index (χ0) is 17.9. The van der Waals surface area contributed by atoms with Gasteiger partial charge >= 0.3 is 0 Å². The zero-order valence-corrected chi connectivity index (χ0v) is 16.0. The highest BCUT2D eigenvalue weighted by molar-refractivity contribution is 7.18. The molecule has 0 saturated carbocycles. The fourth-order valence-electron chi connectivity index (χ4n) is 3.72. The minimum Gasteiger partial charge on any atom is -0.343 e. The third kappa shape index (κ3) is 3.80. The number of hydrogen-bond donors (Lipinski definition) is 0. The summed E-state index contributed by atoms with van der Waals surface area (Å²) in [4.78, 5) is 19.4. The van der Waals surface area contributed by atoms with Crippen LogP contribution in [0.3, 0.4) is 0 Å².